The summed E-state index contributed by atoms with van der Waals surface area (Å²) in [6, 6.07) is 0. The molecule has 0 amide bonds. The zero-order chi connectivity index (χ0) is 6.24. The molecule has 0 radical (unpaired) electrons. The van der Waals surface area contributed by atoms with Crippen LogP contribution in [0.5, 0.6) is 0 Å². The Kier molecular flexibility index (Phi) is 8.91. The standard InChI is InChI=1S/C4H10O2Se2/c5-1-3-7-8-4-2-6/h5-6H,1-4H2. The second-order valence-electron chi connectivity index (χ2n) is 1.09. The van der Waals surface area contributed by atoms with Gasteiger partial charge < -0.3 is 0 Å². The number of aliphatic hydroxyl groups is 2. The Hall–Kier alpha value is 0.959. The van der Waals surface area contributed by atoms with Crippen LogP contribution in [0.2, 0.25) is 10.6 Å². The third-order valence-corrected chi connectivity index (χ3v) is 7.70. The number of hydrogen-bond acceptors (Lipinski definition) is 2. The van der Waals surface area contributed by atoms with Crippen LogP contribution in [0.15, 0.2) is 0 Å². The third kappa shape index (κ3) is 6.96. The van der Waals surface area contributed by atoms with Crippen LogP contribution in [0.4, 0.5) is 0 Å². The summed E-state index contributed by atoms with van der Waals surface area (Å²) in [5.41, 5.74) is 0. The number of aliphatic hydroxyl groups excluding tert-OH is 2. The van der Waals surface area contributed by atoms with Crippen molar-refractivity contribution in [3.05, 3.63) is 0 Å². The Bertz CT molecular complexity index is 37.0. The molecule has 0 aromatic heterocycles. The van der Waals surface area contributed by atoms with Crippen LogP contribution in [0.1, 0.15) is 0 Å². The first-order chi connectivity index (χ1) is 3.91. The van der Waals surface area contributed by atoms with Gasteiger partial charge >= 0.3 is 60.3 Å². The van der Waals surface area contributed by atoms with Crippen molar-refractivity contribution in [1.29, 1.82) is 0 Å². The van der Waals surface area contributed by atoms with Gasteiger partial charge in [0.15, 0.2) is 0 Å². The monoisotopic (exact) mass is 250 g/mol. The molecule has 0 aliphatic heterocycles. The summed E-state index contributed by atoms with van der Waals surface area (Å²) in [4.78, 5) is 0. The molecule has 0 saturated carbocycles. The van der Waals surface area contributed by atoms with Gasteiger partial charge in [-0.3, -0.25) is 0 Å². The topological polar surface area (TPSA) is 40.5 Å². The third-order valence-electron chi connectivity index (χ3n) is 0.433. The molecule has 0 saturated heterocycles. The van der Waals surface area contributed by atoms with Crippen LogP contribution in [0.3, 0.4) is 0 Å². The average Bonchev–Trinajstić information content (AvgIpc) is 1.81. The molecule has 0 rings (SSSR count). The summed E-state index contributed by atoms with van der Waals surface area (Å²) in [6.07, 6.45) is 0. The summed E-state index contributed by atoms with van der Waals surface area (Å²) in [5.74, 6) is 0. The quantitative estimate of drug-likeness (QED) is 0.490. The van der Waals surface area contributed by atoms with E-state index in [0.717, 1.165) is 10.6 Å². The molecule has 0 heterocycles. The zero-order valence-electron chi connectivity index (χ0n) is 4.54. The Balaban J connectivity index is 2.53. The molecule has 0 aliphatic rings. The Labute approximate surface area is 60.5 Å². The normalized spacial score (nSPS) is 9.75. The Morgan fingerprint density at radius 3 is 1.50 bits per heavy atom. The van der Waals surface area contributed by atoms with Gasteiger partial charge in [-0.1, -0.05) is 0 Å². The van der Waals surface area contributed by atoms with E-state index in [2.05, 4.69) is 0 Å². The van der Waals surface area contributed by atoms with Crippen LogP contribution in [-0.2, 0) is 0 Å². The van der Waals surface area contributed by atoms with E-state index in [0.29, 0.717) is 39.5 Å². The molecule has 2 N–H and O–H groups in total. The summed E-state index contributed by atoms with van der Waals surface area (Å²) >= 11 is 1.26. The van der Waals surface area contributed by atoms with Gasteiger partial charge in [0.25, 0.3) is 0 Å². The van der Waals surface area contributed by atoms with E-state index < -0.39 is 0 Å². The van der Waals surface area contributed by atoms with Gasteiger partial charge in [0.2, 0.25) is 0 Å². The minimum absolute atomic E-state index is 0.327. The average molecular weight is 248 g/mol. The summed E-state index contributed by atoms with van der Waals surface area (Å²) in [7, 11) is 0. The second-order valence-corrected chi connectivity index (χ2v) is 8.93. The molecule has 0 aliphatic carbocycles. The van der Waals surface area contributed by atoms with E-state index in [4.69, 9.17) is 10.2 Å². The molecule has 0 bridgehead atoms. The van der Waals surface area contributed by atoms with Crippen molar-refractivity contribution in [2.75, 3.05) is 13.2 Å². The van der Waals surface area contributed by atoms with E-state index >= 15 is 0 Å². The van der Waals surface area contributed by atoms with Crippen LogP contribution in [-0.4, -0.2) is 49.7 Å². The fourth-order valence-electron chi connectivity index (χ4n) is 0.192. The summed E-state index contributed by atoms with van der Waals surface area (Å²) in [6.45, 7) is 0.653. The van der Waals surface area contributed by atoms with Crippen LogP contribution < -0.4 is 0 Å². The van der Waals surface area contributed by atoms with Gasteiger partial charge in [-0.2, -0.15) is 0 Å². The first-order valence-corrected chi connectivity index (χ1v) is 9.13. The van der Waals surface area contributed by atoms with Crippen molar-refractivity contribution in [1.82, 2.24) is 0 Å². The molecule has 0 fully saturated rings. The van der Waals surface area contributed by atoms with Crippen molar-refractivity contribution in [3.8, 4) is 0 Å². The van der Waals surface area contributed by atoms with Crippen LogP contribution >= 0.6 is 0 Å². The second kappa shape index (κ2) is 7.96. The molecule has 2 nitrogen and oxygen atoms in total. The summed E-state index contributed by atoms with van der Waals surface area (Å²) in [5, 5.41) is 18.6. The predicted octanol–water partition coefficient (Wildman–Crippen LogP) is -0.869. The molecular formula is C4H10O2Se2. The van der Waals surface area contributed by atoms with Gasteiger partial charge in [-0.25, -0.2) is 0 Å². The van der Waals surface area contributed by atoms with Crippen molar-refractivity contribution in [2.24, 2.45) is 0 Å². The fourth-order valence-corrected chi connectivity index (χ4v) is 5.19. The van der Waals surface area contributed by atoms with Gasteiger partial charge in [-0.05, 0) is 0 Å². The predicted molar refractivity (Wildman–Crippen MR) is 35.3 cm³/mol. The Morgan fingerprint density at radius 2 is 1.25 bits per heavy atom. The maximum atomic E-state index is 8.33. The van der Waals surface area contributed by atoms with Gasteiger partial charge in [0, 0.05) is 0 Å². The fraction of sp³-hybridized carbons (Fsp3) is 1.00. The van der Waals surface area contributed by atoms with Crippen molar-refractivity contribution in [3.63, 3.8) is 0 Å². The molecule has 50 valence electrons. The maximum absolute atomic E-state index is 8.33. The zero-order valence-corrected chi connectivity index (χ0v) is 7.97. The first-order valence-electron chi connectivity index (χ1n) is 2.38. The van der Waals surface area contributed by atoms with Crippen LogP contribution in [0, 0.1) is 0 Å². The first kappa shape index (κ1) is 8.96. The Morgan fingerprint density at radius 1 is 0.875 bits per heavy atom. The molecule has 0 aromatic carbocycles. The van der Waals surface area contributed by atoms with E-state index in [1.807, 2.05) is 0 Å². The molecule has 8 heavy (non-hydrogen) atoms. The molecule has 0 unspecified atom stereocenters. The molecule has 0 spiro atoms. The number of rotatable bonds is 5. The van der Waals surface area contributed by atoms with E-state index in [1.165, 1.54) is 0 Å². The molecule has 0 aromatic rings. The van der Waals surface area contributed by atoms with Crippen molar-refractivity contribution >= 4 is 26.3 Å². The van der Waals surface area contributed by atoms with Gasteiger partial charge in [-0.15, -0.1) is 0 Å². The van der Waals surface area contributed by atoms with E-state index in [1.54, 1.807) is 0 Å². The van der Waals surface area contributed by atoms with Gasteiger partial charge in [0.05, 0.1) is 0 Å². The van der Waals surface area contributed by atoms with E-state index in [9.17, 15) is 0 Å². The molecule has 0 atom stereocenters. The summed E-state index contributed by atoms with van der Waals surface area (Å²) < 4.78 is 0. The molecular weight excluding hydrogens is 238 g/mol. The SMILES string of the molecule is OCC[Se][Se]CCO. The molecule has 4 heteroatoms. The van der Waals surface area contributed by atoms with Crippen LogP contribution in [0.25, 0.3) is 0 Å². The minimum atomic E-state index is 0.327. The van der Waals surface area contributed by atoms with Crippen molar-refractivity contribution < 1.29 is 10.2 Å². The van der Waals surface area contributed by atoms with Gasteiger partial charge in [0.1, 0.15) is 0 Å². The number of hydrogen-bond donors (Lipinski definition) is 2. The van der Waals surface area contributed by atoms with Crippen molar-refractivity contribution in [2.45, 2.75) is 10.6 Å². The van der Waals surface area contributed by atoms with E-state index in [-0.39, 0.29) is 0 Å².